The predicted molar refractivity (Wildman–Crippen MR) is 129 cm³/mol. The second-order valence-electron chi connectivity index (χ2n) is 7.47. The van der Waals surface area contributed by atoms with Crippen LogP contribution in [-0.2, 0) is 14.8 Å². The summed E-state index contributed by atoms with van der Waals surface area (Å²) >= 11 is 0. The van der Waals surface area contributed by atoms with Gasteiger partial charge in [-0.05, 0) is 30.3 Å². The summed E-state index contributed by atoms with van der Waals surface area (Å²) in [6.07, 6.45) is 4.32. The third kappa shape index (κ3) is 5.11. The average Bonchev–Trinajstić information content (AvgIpc) is 2.85. The molecule has 0 fully saturated rings. The Hall–Kier alpha value is -4.10. The lowest BCUT2D eigenvalue weighted by Gasteiger charge is -2.14. The third-order valence-electron chi connectivity index (χ3n) is 5.10. The number of anilines is 2. The van der Waals surface area contributed by atoms with Gasteiger partial charge < -0.3 is 14.8 Å². The topological polar surface area (TPSA) is 124 Å². The third-order valence-corrected chi connectivity index (χ3v) is 6.50. The Kier molecular flexibility index (Phi) is 7.12. The predicted octanol–water partition coefficient (Wildman–Crippen LogP) is 2.90. The molecule has 0 atom stereocenters. The average molecular weight is 518 g/mol. The van der Waals surface area contributed by atoms with Crippen LogP contribution in [0.2, 0.25) is 0 Å². The lowest BCUT2D eigenvalue weighted by Crippen LogP contribution is -2.19. The highest BCUT2D eigenvalue weighted by molar-refractivity contribution is 7.92. The van der Waals surface area contributed by atoms with E-state index < -0.39 is 32.1 Å². The van der Waals surface area contributed by atoms with Gasteiger partial charge in [0, 0.05) is 43.7 Å². The normalized spacial score (nSPS) is 11.4. The summed E-state index contributed by atoms with van der Waals surface area (Å²) in [5.74, 6) is -1.93. The van der Waals surface area contributed by atoms with E-state index in [4.69, 9.17) is 9.47 Å². The second-order valence-corrected chi connectivity index (χ2v) is 9.12. The molecular formula is C23H21F2N5O5S. The number of hydrogen-bond acceptors (Lipinski definition) is 8. The molecule has 0 aliphatic rings. The number of benzene rings is 1. The van der Waals surface area contributed by atoms with Crippen molar-refractivity contribution < 1.29 is 26.7 Å². The van der Waals surface area contributed by atoms with Gasteiger partial charge in [-0.1, -0.05) is 0 Å². The van der Waals surface area contributed by atoms with Crippen LogP contribution in [0, 0.1) is 11.6 Å². The summed E-state index contributed by atoms with van der Waals surface area (Å²) in [4.78, 5) is 20.6. The first kappa shape index (κ1) is 25.0. The first-order valence-electron chi connectivity index (χ1n) is 10.5. The van der Waals surface area contributed by atoms with Crippen molar-refractivity contribution in [1.82, 2.24) is 14.4 Å². The molecule has 2 N–H and O–H groups in total. The van der Waals surface area contributed by atoms with Crippen LogP contribution in [0.4, 0.5) is 20.3 Å². The molecule has 3 aromatic heterocycles. The van der Waals surface area contributed by atoms with Gasteiger partial charge >= 0.3 is 0 Å². The number of pyridine rings is 2. The van der Waals surface area contributed by atoms with Crippen LogP contribution in [0.3, 0.4) is 0 Å². The fraction of sp³-hybridized carbons (Fsp3) is 0.174. The molecule has 0 aliphatic heterocycles. The van der Waals surface area contributed by atoms with Crippen LogP contribution in [0.15, 0.2) is 64.7 Å². The van der Waals surface area contributed by atoms with Crippen molar-refractivity contribution in [2.45, 2.75) is 4.90 Å². The zero-order chi connectivity index (χ0) is 25.9. The van der Waals surface area contributed by atoms with Crippen LogP contribution in [-0.4, -0.2) is 50.2 Å². The van der Waals surface area contributed by atoms with Crippen molar-refractivity contribution in [3.05, 3.63) is 77.0 Å². The minimum Gasteiger partial charge on any atom is -0.484 e. The largest absolute Gasteiger partial charge is 0.484 e. The van der Waals surface area contributed by atoms with Crippen molar-refractivity contribution in [3.8, 4) is 16.9 Å². The van der Waals surface area contributed by atoms with Gasteiger partial charge in [-0.2, -0.15) is 0 Å². The standard InChI is InChI=1S/C23H21F2N5O5S/c1-26-22-18(29-36(32,33)20-5-4-16(24)10-17(20)25)9-15(11-28-22)14-3-6-21-27-12-19(35-8-7-34-2)23(31)30(21)13-14/h3-6,9-13,29H,7-8H2,1-2H3,(H,26,28). The van der Waals surface area contributed by atoms with Crippen molar-refractivity contribution in [2.24, 2.45) is 0 Å². The number of aromatic nitrogens is 3. The molecule has 4 aromatic rings. The monoisotopic (exact) mass is 517 g/mol. The number of fused-ring (bicyclic) bond motifs is 1. The number of ether oxygens (including phenoxy) is 2. The van der Waals surface area contributed by atoms with Crippen molar-refractivity contribution >= 4 is 27.2 Å². The van der Waals surface area contributed by atoms with Gasteiger partial charge in [-0.25, -0.2) is 27.2 Å². The number of sulfonamides is 1. The molecule has 0 amide bonds. The quantitative estimate of drug-likeness (QED) is 0.325. The number of rotatable bonds is 9. The maximum atomic E-state index is 14.1. The molecule has 3 heterocycles. The lowest BCUT2D eigenvalue weighted by molar-refractivity contribution is 0.145. The van der Waals surface area contributed by atoms with Crippen LogP contribution in [0.5, 0.6) is 5.75 Å². The highest BCUT2D eigenvalue weighted by atomic mass is 32.2. The lowest BCUT2D eigenvalue weighted by atomic mass is 10.1. The molecule has 0 saturated carbocycles. The molecule has 0 spiro atoms. The summed E-state index contributed by atoms with van der Waals surface area (Å²) in [6, 6.07) is 6.92. The van der Waals surface area contributed by atoms with Crippen molar-refractivity contribution in [1.29, 1.82) is 0 Å². The number of nitrogens with one attached hydrogen (secondary N) is 2. The maximum absolute atomic E-state index is 14.1. The minimum atomic E-state index is -4.41. The van der Waals surface area contributed by atoms with E-state index in [1.807, 2.05) is 0 Å². The van der Waals surface area contributed by atoms with E-state index in [1.54, 1.807) is 12.1 Å². The molecule has 0 saturated heterocycles. The summed E-state index contributed by atoms with van der Waals surface area (Å²) in [5, 5.41) is 2.76. The van der Waals surface area contributed by atoms with Gasteiger partial charge in [0.2, 0.25) is 5.75 Å². The van der Waals surface area contributed by atoms with E-state index >= 15 is 0 Å². The SMILES string of the molecule is CNc1ncc(-c2ccc3ncc(OCCOC)c(=O)n3c2)cc1NS(=O)(=O)c1ccc(F)cc1F. The van der Waals surface area contributed by atoms with Gasteiger partial charge in [-0.15, -0.1) is 0 Å². The fourth-order valence-corrected chi connectivity index (χ4v) is 4.47. The highest BCUT2D eigenvalue weighted by Gasteiger charge is 2.22. The fourth-order valence-electron chi connectivity index (χ4n) is 3.36. The van der Waals surface area contributed by atoms with Gasteiger partial charge in [-0.3, -0.25) is 13.9 Å². The Bertz CT molecular complexity index is 1590. The number of nitrogens with zero attached hydrogens (tertiary/aromatic N) is 3. The molecule has 0 radical (unpaired) electrons. The van der Waals surface area contributed by atoms with E-state index in [9.17, 15) is 22.0 Å². The molecule has 10 nitrogen and oxygen atoms in total. The summed E-state index contributed by atoms with van der Waals surface area (Å²) in [7, 11) is -1.37. The molecule has 188 valence electrons. The van der Waals surface area contributed by atoms with Gasteiger partial charge in [0.15, 0.2) is 0 Å². The first-order chi connectivity index (χ1) is 17.2. The van der Waals surface area contributed by atoms with E-state index in [0.717, 1.165) is 12.1 Å². The number of methoxy groups -OCH3 is 1. The van der Waals surface area contributed by atoms with Crippen LogP contribution < -0.4 is 20.3 Å². The highest BCUT2D eigenvalue weighted by Crippen LogP contribution is 2.29. The Labute approximate surface area is 204 Å². The van der Waals surface area contributed by atoms with E-state index in [0.29, 0.717) is 29.4 Å². The van der Waals surface area contributed by atoms with E-state index in [-0.39, 0.29) is 23.9 Å². The van der Waals surface area contributed by atoms with Crippen LogP contribution in [0.25, 0.3) is 16.8 Å². The molecule has 0 aliphatic carbocycles. The van der Waals surface area contributed by atoms with E-state index in [1.165, 1.54) is 43.2 Å². The molecule has 1 aromatic carbocycles. The molecule has 4 rings (SSSR count). The summed E-state index contributed by atoms with van der Waals surface area (Å²) in [5.41, 5.74) is 0.913. The molecule has 13 heteroatoms. The zero-order valence-electron chi connectivity index (χ0n) is 19.2. The molecular weight excluding hydrogens is 496 g/mol. The summed E-state index contributed by atoms with van der Waals surface area (Å²) < 4.78 is 66.9. The Morgan fingerprint density at radius 1 is 1.03 bits per heavy atom. The number of halogens is 2. The Balaban J connectivity index is 1.73. The second kappa shape index (κ2) is 10.3. The minimum absolute atomic E-state index is 0.0148. The molecule has 0 bridgehead atoms. The Morgan fingerprint density at radius 2 is 1.83 bits per heavy atom. The maximum Gasteiger partial charge on any atom is 0.300 e. The van der Waals surface area contributed by atoms with Gasteiger partial charge in [0.1, 0.15) is 34.6 Å². The molecule has 36 heavy (non-hydrogen) atoms. The van der Waals surface area contributed by atoms with E-state index in [2.05, 4.69) is 20.0 Å². The Morgan fingerprint density at radius 3 is 2.56 bits per heavy atom. The summed E-state index contributed by atoms with van der Waals surface area (Å²) in [6.45, 7) is 0.471. The van der Waals surface area contributed by atoms with Crippen molar-refractivity contribution in [3.63, 3.8) is 0 Å². The van der Waals surface area contributed by atoms with Crippen molar-refractivity contribution in [2.75, 3.05) is 37.4 Å². The number of hydrogen-bond donors (Lipinski definition) is 2. The zero-order valence-corrected chi connectivity index (χ0v) is 20.0. The smallest absolute Gasteiger partial charge is 0.300 e. The van der Waals surface area contributed by atoms with Crippen LogP contribution >= 0.6 is 0 Å². The van der Waals surface area contributed by atoms with Gasteiger partial charge in [0.25, 0.3) is 15.6 Å². The molecule has 0 unspecified atom stereocenters. The van der Waals surface area contributed by atoms with Crippen LogP contribution in [0.1, 0.15) is 0 Å². The first-order valence-corrected chi connectivity index (χ1v) is 12.0. The van der Waals surface area contributed by atoms with Gasteiger partial charge in [0.05, 0.1) is 18.5 Å².